The second-order valence-corrected chi connectivity index (χ2v) is 20.0. The minimum absolute atomic E-state index is 0.0191. The Kier molecular flexibility index (Phi) is 24.7. The van der Waals surface area contributed by atoms with E-state index in [-0.39, 0.29) is 18.3 Å². The van der Waals surface area contributed by atoms with Crippen molar-refractivity contribution in [1.82, 2.24) is 0 Å². The fourth-order valence-corrected chi connectivity index (χ4v) is 9.39. The molecule has 5 saturated heterocycles. The molecule has 0 aliphatic carbocycles. The number of allylic oxidation sites excluding steroid dienone is 1. The molecule has 5 aliphatic heterocycles. The van der Waals surface area contributed by atoms with Crippen LogP contribution in [0.1, 0.15) is 138 Å². The molecule has 0 aromatic heterocycles. The van der Waals surface area contributed by atoms with Crippen LogP contribution < -0.4 is 0 Å². The van der Waals surface area contributed by atoms with Gasteiger partial charge < -0.3 is 92.6 Å². The maximum Gasteiger partial charge on any atom is 0.306 e. The molecule has 0 spiro atoms. The van der Waals surface area contributed by atoms with Crippen molar-refractivity contribution in [2.45, 2.75) is 267 Å². The molecule has 0 aromatic rings. The van der Waals surface area contributed by atoms with Gasteiger partial charge in [0.2, 0.25) is 0 Å². The first-order valence-corrected chi connectivity index (χ1v) is 26.1. The number of carbonyl (C=O) groups is 2. The predicted octanol–water partition coefficient (Wildman–Crippen LogP) is 2.55. The van der Waals surface area contributed by atoms with Crippen LogP contribution in [-0.4, -0.2) is 196 Å². The van der Waals surface area contributed by atoms with Crippen LogP contribution in [0.4, 0.5) is 0 Å². The van der Waals surface area contributed by atoms with Gasteiger partial charge in [0.15, 0.2) is 49.9 Å². The van der Waals surface area contributed by atoms with Gasteiger partial charge in [-0.2, -0.15) is 0 Å². The van der Waals surface area contributed by atoms with Gasteiger partial charge in [-0.05, 0) is 40.0 Å². The second kappa shape index (κ2) is 29.3. The highest BCUT2D eigenvalue weighted by molar-refractivity contribution is 5.81. The van der Waals surface area contributed by atoms with E-state index in [1.807, 2.05) is 6.92 Å². The lowest BCUT2D eigenvalue weighted by molar-refractivity contribution is -0.404. The van der Waals surface area contributed by atoms with Crippen molar-refractivity contribution in [3.8, 4) is 0 Å². The Morgan fingerprint density at radius 1 is 0.662 bits per heavy atom. The van der Waals surface area contributed by atoms with Crippen LogP contribution in [-0.2, 0) is 66.4 Å². The van der Waals surface area contributed by atoms with E-state index < -0.39 is 155 Å². The van der Waals surface area contributed by atoms with E-state index in [0.717, 1.165) is 57.8 Å². The Labute approximate surface area is 418 Å². The van der Waals surface area contributed by atoms with Gasteiger partial charge >= 0.3 is 5.97 Å². The van der Waals surface area contributed by atoms with Crippen molar-refractivity contribution in [2.24, 2.45) is 5.92 Å². The van der Waals surface area contributed by atoms with Crippen LogP contribution in [0.2, 0.25) is 0 Å². The lowest BCUT2D eigenvalue weighted by Gasteiger charge is -2.51. The first-order chi connectivity index (χ1) is 33.9. The maximum absolute atomic E-state index is 13.8. The number of ketones is 1. The highest BCUT2D eigenvalue weighted by Gasteiger charge is 2.57. The van der Waals surface area contributed by atoms with E-state index in [2.05, 4.69) is 13.5 Å². The van der Waals surface area contributed by atoms with Gasteiger partial charge in [0.1, 0.15) is 73.8 Å². The van der Waals surface area contributed by atoms with Crippen molar-refractivity contribution < 1.29 is 102 Å². The summed E-state index contributed by atoms with van der Waals surface area (Å²) in [6.45, 7) is 14.2. The molecule has 5 heterocycles. The zero-order valence-electron chi connectivity index (χ0n) is 42.8. The summed E-state index contributed by atoms with van der Waals surface area (Å²) >= 11 is 0. The number of Topliss-reactive ketones (excluding diaryl/α,β-unsaturated/α-hetero) is 1. The van der Waals surface area contributed by atoms with Gasteiger partial charge in [0.05, 0.1) is 36.8 Å². The first-order valence-electron chi connectivity index (χ1n) is 26.1. The summed E-state index contributed by atoms with van der Waals surface area (Å²) in [5.41, 5.74) is 0. The summed E-state index contributed by atoms with van der Waals surface area (Å²) in [7, 11) is 0. The number of aliphatic hydroxyl groups excluding tert-OH is 7. The number of hydrogen-bond acceptors (Lipinski definition) is 21. The van der Waals surface area contributed by atoms with E-state index in [1.54, 1.807) is 27.7 Å². The molecule has 5 rings (SSSR count). The molecule has 2 bridgehead atoms. The van der Waals surface area contributed by atoms with E-state index in [4.69, 9.17) is 56.8 Å². The van der Waals surface area contributed by atoms with Crippen LogP contribution in [0.3, 0.4) is 0 Å². The monoisotopic (exact) mass is 1020 g/mol. The Balaban J connectivity index is 1.60. The van der Waals surface area contributed by atoms with Crippen molar-refractivity contribution in [3.05, 3.63) is 12.3 Å². The number of fused-ring (bicyclic) bond motifs is 3. The zero-order chi connectivity index (χ0) is 51.9. The zero-order valence-corrected chi connectivity index (χ0v) is 42.8. The highest BCUT2D eigenvalue weighted by Crippen LogP contribution is 2.38. The summed E-state index contributed by atoms with van der Waals surface area (Å²) in [5, 5.41) is 78.2. The molecule has 0 radical (unpaired) electrons. The Hall–Kier alpha value is -2.00. The van der Waals surface area contributed by atoms with E-state index in [9.17, 15) is 45.3 Å². The van der Waals surface area contributed by atoms with Crippen LogP contribution in [0.5, 0.6) is 0 Å². The van der Waals surface area contributed by atoms with Crippen molar-refractivity contribution >= 4 is 11.8 Å². The average molecular weight is 1020 g/mol. The van der Waals surface area contributed by atoms with E-state index >= 15 is 0 Å². The quantitative estimate of drug-likeness (QED) is 0.0449. The number of aliphatic hydroxyl groups is 7. The smallest absolute Gasteiger partial charge is 0.306 e. The van der Waals surface area contributed by atoms with Crippen LogP contribution in [0, 0.1) is 5.92 Å². The van der Waals surface area contributed by atoms with Gasteiger partial charge in [0.25, 0.3) is 0 Å². The summed E-state index contributed by atoms with van der Waals surface area (Å²) in [4.78, 5) is 26.8. The number of hydrogen-bond donors (Lipinski definition) is 7. The molecule has 21 nitrogen and oxygen atoms in total. The maximum atomic E-state index is 13.8. The lowest BCUT2D eigenvalue weighted by atomic mass is 9.95. The molecule has 21 atom stereocenters. The fraction of sp³-hybridized carbons (Fsp3) is 0.920. The van der Waals surface area contributed by atoms with Gasteiger partial charge in [-0.15, -0.1) is 0 Å². The molecule has 7 N–H and O–H groups in total. The standard InChI is InChI=1S/C50H86O21/c1-9-11-17-20-31-21-18-15-13-12-14-16-19-22-34(53)68-42-37(56)33(23-51)67-50(69-43-39(58)36(55)29(7)64-48(43)66-31)46(42)71-49-45(62-25-61-27(5)10-2)44(41(30(8)65-49)60-24-32(52)26(3)4)70-47-40(59)38(57)35(54)28(6)63-47/h26,28-31,33,35-51,54-59H,5,9-25H2,1-4,6-8H3/t28?,29?,30-,31-,33?,35-,36+,37+,38-,39?,40-,41-,42-,43-,44-,45?,46-,47?,48?,49?,50?/m0/s1. The van der Waals surface area contributed by atoms with Crippen LogP contribution >= 0.6 is 0 Å². The largest absolute Gasteiger partial charge is 0.473 e. The molecular weight excluding hydrogens is 937 g/mol. The third-order valence-corrected chi connectivity index (χ3v) is 14.1. The number of unbranched alkanes of at least 4 members (excludes halogenated alkanes) is 2. The Morgan fingerprint density at radius 2 is 1.31 bits per heavy atom. The third kappa shape index (κ3) is 16.5. The fourth-order valence-electron chi connectivity index (χ4n) is 9.39. The Bertz CT molecular complexity index is 1590. The van der Waals surface area contributed by atoms with E-state index in [0.29, 0.717) is 31.4 Å². The molecule has 9 unspecified atom stereocenters. The van der Waals surface area contributed by atoms with Crippen LogP contribution in [0.15, 0.2) is 12.3 Å². The molecular formula is C50H86O21. The van der Waals surface area contributed by atoms with Gasteiger partial charge in [-0.25, -0.2) is 0 Å². The summed E-state index contributed by atoms with van der Waals surface area (Å²) < 4.78 is 75.8. The average Bonchev–Trinajstić information content (AvgIpc) is 3.34. The van der Waals surface area contributed by atoms with Crippen molar-refractivity contribution in [1.29, 1.82) is 0 Å². The molecule has 5 fully saturated rings. The Morgan fingerprint density at radius 3 is 1.99 bits per heavy atom. The molecule has 0 amide bonds. The third-order valence-electron chi connectivity index (χ3n) is 14.1. The van der Waals surface area contributed by atoms with Gasteiger partial charge in [-0.1, -0.05) is 92.1 Å². The van der Waals surface area contributed by atoms with Gasteiger partial charge in [-0.3, -0.25) is 9.59 Å². The molecule has 0 aromatic carbocycles. The van der Waals surface area contributed by atoms with E-state index in [1.165, 1.54) is 6.92 Å². The number of carbonyl (C=O) groups excluding carboxylic acids is 2. The molecule has 5 aliphatic rings. The second-order valence-electron chi connectivity index (χ2n) is 20.0. The van der Waals surface area contributed by atoms with Crippen molar-refractivity contribution in [3.63, 3.8) is 0 Å². The molecule has 71 heavy (non-hydrogen) atoms. The minimum Gasteiger partial charge on any atom is -0.473 e. The highest BCUT2D eigenvalue weighted by atomic mass is 16.8. The molecule has 0 saturated carbocycles. The summed E-state index contributed by atoms with van der Waals surface area (Å²) in [5.74, 6) is -1.03. The molecule has 412 valence electrons. The van der Waals surface area contributed by atoms with Crippen LogP contribution in [0.25, 0.3) is 0 Å². The predicted molar refractivity (Wildman–Crippen MR) is 250 cm³/mol. The molecule has 21 heteroatoms. The van der Waals surface area contributed by atoms with Crippen molar-refractivity contribution in [2.75, 3.05) is 20.0 Å². The number of ether oxygens (including phenoxy) is 12. The first kappa shape index (κ1) is 59.9. The SMILES string of the molecule is C=C(CC)OCOC1C(O[C@@H]2C3OC(CO)[C@@H](O)[C@@H]2OC(=O)CCCCCCCCC[C@H](CCCCC)OC2OC(C)[C@@H](O)C(O)[C@@H]2O3)O[C@@H](C)[C@H](OCC(=O)C(C)C)[C@@H]1OC1OC(C)[C@H](O)[C@H](O)[C@@H]1O. The number of esters is 1. The summed E-state index contributed by atoms with van der Waals surface area (Å²) in [6.07, 6.45) is -19.1. The number of rotatable bonds is 18. The normalized spacial score (nSPS) is 41.5. The lowest BCUT2D eigenvalue weighted by Crippen LogP contribution is -2.68. The van der Waals surface area contributed by atoms with Gasteiger partial charge in [0, 0.05) is 18.8 Å². The minimum atomic E-state index is -1.80. The topological polar surface area (TPSA) is 287 Å². The summed E-state index contributed by atoms with van der Waals surface area (Å²) in [6, 6.07) is 0.